The normalized spacial score (nSPS) is 21.3. The lowest BCUT2D eigenvalue weighted by Gasteiger charge is -2.28. The van der Waals surface area contributed by atoms with Crippen molar-refractivity contribution in [3.8, 4) is 0 Å². The van der Waals surface area contributed by atoms with E-state index in [9.17, 15) is 14.4 Å². The molecular formula is C22H22N3O3. The summed E-state index contributed by atoms with van der Waals surface area (Å²) in [5.41, 5.74) is 7.25. The maximum absolute atomic E-state index is 12.9. The van der Waals surface area contributed by atoms with E-state index in [4.69, 9.17) is 5.73 Å². The summed E-state index contributed by atoms with van der Waals surface area (Å²) in [6.07, 6.45) is 4.76. The third kappa shape index (κ3) is 3.05. The Morgan fingerprint density at radius 3 is 2.50 bits per heavy atom. The first-order chi connectivity index (χ1) is 13.5. The van der Waals surface area contributed by atoms with Crippen LogP contribution in [0.15, 0.2) is 48.5 Å². The number of carbonyl (C=O) groups is 3. The zero-order valence-electron chi connectivity index (χ0n) is 15.5. The third-order valence-electron chi connectivity index (χ3n) is 5.53. The van der Waals surface area contributed by atoms with Gasteiger partial charge >= 0.3 is 0 Å². The summed E-state index contributed by atoms with van der Waals surface area (Å²) in [5, 5.41) is 2.82. The van der Waals surface area contributed by atoms with Crippen LogP contribution in [0.1, 0.15) is 40.7 Å². The summed E-state index contributed by atoms with van der Waals surface area (Å²) in [5.74, 6) is -0.891. The monoisotopic (exact) mass is 376 g/mol. The van der Waals surface area contributed by atoms with E-state index in [1.54, 1.807) is 35.6 Å². The molecule has 1 radical (unpaired) electrons. The molecule has 6 nitrogen and oxygen atoms in total. The molecule has 1 aliphatic carbocycles. The van der Waals surface area contributed by atoms with Crippen LogP contribution in [-0.4, -0.2) is 24.3 Å². The number of hydrogen-bond donors (Lipinski definition) is 2. The highest BCUT2D eigenvalue weighted by atomic mass is 16.2. The van der Waals surface area contributed by atoms with Gasteiger partial charge in [0.2, 0.25) is 11.8 Å². The number of primary amides is 1. The van der Waals surface area contributed by atoms with E-state index in [0.29, 0.717) is 30.5 Å². The summed E-state index contributed by atoms with van der Waals surface area (Å²) in [6.45, 7) is 0.695. The number of hydrogen-bond acceptors (Lipinski definition) is 3. The molecule has 6 heteroatoms. The van der Waals surface area contributed by atoms with Gasteiger partial charge in [0, 0.05) is 30.6 Å². The van der Waals surface area contributed by atoms with Crippen molar-refractivity contribution < 1.29 is 14.4 Å². The van der Waals surface area contributed by atoms with Crippen molar-refractivity contribution in [2.45, 2.75) is 31.2 Å². The molecule has 3 N–H and O–H groups in total. The van der Waals surface area contributed by atoms with Crippen molar-refractivity contribution in [3.05, 3.63) is 71.6 Å². The zero-order valence-corrected chi connectivity index (χ0v) is 15.5. The highest BCUT2D eigenvalue weighted by molar-refractivity contribution is 6.01. The molecule has 2 aromatic carbocycles. The highest BCUT2D eigenvalue weighted by Crippen LogP contribution is 2.36. The molecular weight excluding hydrogens is 354 g/mol. The maximum atomic E-state index is 12.9. The summed E-state index contributed by atoms with van der Waals surface area (Å²) in [6, 6.07) is 14.3. The Balaban J connectivity index is 1.56. The molecule has 143 valence electrons. The molecule has 0 aromatic heterocycles. The van der Waals surface area contributed by atoms with E-state index < -0.39 is 11.4 Å². The van der Waals surface area contributed by atoms with Crippen LogP contribution in [-0.2, 0) is 21.5 Å². The first-order valence-corrected chi connectivity index (χ1v) is 9.47. The summed E-state index contributed by atoms with van der Waals surface area (Å²) in [4.78, 5) is 39.0. The molecule has 0 spiro atoms. The third-order valence-corrected chi connectivity index (χ3v) is 5.53. The minimum absolute atomic E-state index is 0.105. The highest BCUT2D eigenvalue weighted by Gasteiger charge is 2.45. The molecule has 1 atom stereocenters. The van der Waals surface area contributed by atoms with Crippen molar-refractivity contribution in [3.63, 3.8) is 0 Å². The second-order valence-corrected chi connectivity index (χ2v) is 7.24. The second-order valence-electron chi connectivity index (χ2n) is 7.24. The van der Waals surface area contributed by atoms with Crippen LogP contribution in [0.25, 0.3) is 0 Å². The number of amides is 3. The quantitative estimate of drug-likeness (QED) is 0.856. The van der Waals surface area contributed by atoms with Gasteiger partial charge in [0.1, 0.15) is 5.54 Å². The Bertz CT molecular complexity index is 938. The molecule has 28 heavy (non-hydrogen) atoms. The summed E-state index contributed by atoms with van der Waals surface area (Å²) in [7, 11) is 0. The largest absolute Gasteiger partial charge is 0.367 e. The number of nitrogens with one attached hydrogen (secondary N) is 1. The van der Waals surface area contributed by atoms with E-state index in [1.165, 1.54) is 0 Å². The van der Waals surface area contributed by atoms with Gasteiger partial charge in [-0.2, -0.15) is 0 Å². The van der Waals surface area contributed by atoms with Gasteiger partial charge in [-0.05, 0) is 54.7 Å². The Morgan fingerprint density at radius 2 is 1.79 bits per heavy atom. The van der Waals surface area contributed by atoms with Gasteiger partial charge in [-0.15, -0.1) is 0 Å². The molecule has 1 heterocycles. The summed E-state index contributed by atoms with van der Waals surface area (Å²) < 4.78 is 0. The Morgan fingerprint density at radius 1 is 1.04 bits per heavy atom. The van der Waals surface area contributed by atoms with Crippen molar-refractivity contribution in [2.24, 2.45) is 5.73 Å². The Labute approximate surface area is 163 Å². The van der Waals surface area contributed by atoms with Crippen LogP contribution in [0, 0.1) is 6.42 Å². The molecule has 0 bridgehead atoms. The molecule has 2 aromatic rings. The lowest BCUT2D eigenvalue weighted by Crippen LogP contribution is -2.53. The van der Waals surface area contributed by atoms with Gasteiger partial charge in [-0.25, -0.2) is 0 Å². The fourth-order valence-electron chi connectivity index (χ4n) is 3.99. The second kappa shape index (κ2) is 7.11. The van der Waals surface area contributed by atoms with E-state index in [0.717, 1.165) is 24.1 Å². The number of nitrogens with zero attached hydrogens (tertiary/aromatic N) is 1. The van der Waals surface area contributed by atoms with Crippen molar-refractivity contribution in [2.75, 3.05) is 11.4 Å². The Kier molecular flexibility index (Phi) is 4.63. The molecule has 1 fully saturated rings. The van der Waals surface area contributed by atoms with Gasteiger partial charge in [0.05, 0.1) is 0 Å². The van der Waals surface area contributed by atoms with Crippen molar-refractivity contribution in [1.29, 1.82) is 0 Å². The predicted molar refractivity (Wildman–Crippen MR) is 105 cm³/mol. The van der Waals surface area contributed by atoms with E-state index in [1.807, 2.05) is 24.3 Å². The van der Waals surface area contributed by atoms with E-state index in [2.05, 4.69) is 5.32 Å². The summed E-state index contributed by atoms with van der Waals surface area (Å²) >= 11 is 0. The first-order valence-electron chi connectivity index (χ1n) is 9.47. The van der Waals surface area contributed by atoms with Crippen molar-refractivity contribution in [1.82, 2.24) is 5.32 Å². The van der Waals surface area contributed by atoms with Gasteiger partial charge in [-0.1, -0.05) is 24.3 Å². The van der Waals surface area contributed by atoms with E-state index in [-0.39, 0.29) is 11.8 Å². The van der Waals surface area contributed by atoms with Crippen LogP contribution in [0.3, 0.4) is 0 Å². The average molecular weight is 376 g/mol. The van der Waals surface area contributed by atoms with Crippen LogP contribution in [0.2, 0.25) is 0 Å². The topological polar surface area (TPSA) is 92.5 Å². The van der Waals surface area contributed by atoms with Gasteiger partial charge in [-0.3, -0.25) is 14.4 Å². The number of piperidine rings is 1. The fourth-order valence-corrected chi connectivity index (χ4v) is 3.99. The lowest BCUT2D eigenvalue weighted by atomic mass is 9.90. The van der Waals surface area contributed by atoms with Gasteiger partial charge < -0.3 is 16.0 Å². The number of fused-ring (bicyclic) bond motifs is 1. The van der Waals surface area contributed by atoms with Gasteiger partial charge in [0.15, 0.2) is 0 Å². The molecule has 0 saturated carbocycles. The first kappa shape index (κ1) is 18.2. The molecule has 1 aliphatic heterocycles. The van der Waals surface area contributed by atoms with Crippen molar-refractivity contribution >= 4 is 23.4 Å². The number of benzene rings is 2. The minimum Gasteiger partial charge on any atom is -0.367 e. The SMILES string of the molecule is NC(=O)C1(NC(=O)c2ccc(N3CCCCC3=O)cc2)[CH]Cc2ccccc21. The van der Waals surface area contributed by atoms with E-state index >= 15 is 0 Å². The standard InChI is InChI=1S/C22H22N3O3/c23-21(28)22(13-12-15-5-1-2-6-18(15)22)24-20(27)16-8-10-17(11-9-16)25-14-4-3-7-19(25)26/h1-2,5-6,8-11,13H,3-4,7,12,14H2,(H2,23,28)(H,24,27). The molecule has 1 saturated heterocycles. The molecule has 1 unspecified atom stereocenters. The molecule has 3 amide bonds. The number of rotatable bonds is 4. The van der Waals surface area contributed by atoms with Gasteiger partial charge in [0.25, 0.3) is 5.91 Å². The molecule has 2 aliphatic rings. The lowest BCUT2D eigenvalue weighted by molar-refractivity contribution is -0.123. The smallest absolute Gasteiger partial charge is 0.252 e. The maximum Gasteiger partial charge on any atom is 0.252 e. The predicted octanol–water partition coefficient (Wildman–Crippen LogP) is 2.07. The fraction of sp³-hybridized carbons (Fsp3) is 0.273. The minimum atomic E-state index is -1.31. The number of nitrogens with two attached hydrogens (primary N) is 1. The zero-order chi connectivity index (χ0) is 19.7. The average Bonchev–Trinajstić information content (AvgIpc) is 3.08. The van der Waals surface area contributed by atoms with Crippen LogP contribution in [0.5, 0.6) is 0 Å². The number of carbonyl (C=O) groups excluding carboxylic acids is 3. The molecule has 4 rings (SSSR count). The van der Waals surface area contributed by atoms with Crippen LogP contribution >= 0.6 is 0 Å². The van der Waals surface area contributed by atoms with Crippen LogP contribution < -0.4 is 16.0 Å². The van der Waals surface area contributed by atoms with Crippen LogP contribution in [0.4, 0.5) is 5.69 Å². The Hall–Kier alpha value is -3.15. The number of anilines is 1.